The summed E-state index contributed by atoms with van der Waals surface area (Å²) >= 11 is 0. The number of halogens is 2. The number of imidazole rings is 2. The van der Waals surface area contributed by atoms with Gasteiger partial charge in [0.2, 0.25) is 0 Å². The van der Waals surface area contributed by atoms with Gasteiger partial charge in [-0.15, -0.1) is 0 Å². The van der Waals surface area contributed by atoms with Crippen molar-refractivity contribution in [2.75, 3.05) is 0 Å². The van der Waals surface area contributed by atoms with Crippen LogP contribution in [0.15, 0.2) is 73.6 Å². The molecule has 48 heavy (non-hydrogen) atoms. The molecule has 0 amide bonds. The van der Waals surface area contributed by atoms with Gasteiger partial charge in [-0.1, -0.05) is 0 Å². The molecule has 6 rings (SSSR count). The molecule has 0 fully saturated rings. The molecule has 242 valence electrons. The number of nitriles is 2. The largest absolute Gasteiger partial charge is 0.389 e. The fourth-order valence-corrected chi connectivity index (χ4v) is 5.16. The van der Waals surface area contributed by atoms with Gasteiger partial charge in [0.15, 0.2) is 17.2 Å². The maximum absolute atomic E-state index is 13.5. The number of nitrogens with zero attached hydrogens (tertiary/aromatic N) is 10. The Morgan fingerprint density at radius 3 is 1.75 bits per heavy atom. The molecule has 14 heteroatoms. The summed E-state index contributed by atoms with van der Waals surface area (Å²) in [6, 6.07) is 16.0. The summed E-state index contributed by atoms with van der Waals surface area (Å²) in [5.74, 6) is -1.12. The summed E-state index contributed by atoms with van der Waals surface area (Å²) in [6.45, 7) is 7.55. The van der Waals surface area contributed by atoms with Gasteiger partial charge in [0.05, 0.1) is 66.0 Å². The van der Waals surface area contributed by atoms with Crippen LogP contribution in [0.4, 0.5) is 8.78 Å². The molecule has 4 heterocycles. The van der Waals surface area contributed by atoms with Crippen molar-refractivity contribution in [2.24, 2.45) is 0 Å². The van der Waals surface area contributed by atoms with Crippen molar-refractivity contribution < 1.29 is 18.7 Å². The van der Waals surface area contributed by atoms with Crippen LogP contribution in [0.2, 0.25) is 0 Å². The molecule has 0 spiro atoms. The van der Waals surface area contributed by atoms with Gasteiger partial charge >= 0.3 is 0 Å². The lowest BCUT2D eigenvalue weighted by Crippen LogP contribution is -2.10. The van der Waals surface area contributed by atoms with Crippen molar-refractivity contribution in [1.29, 1.82) is 10.5 Å². The Balaban J connectivity index is 0.000000188. The van der Waals surface area contributed by atoms with E-state index in [1.165, 1.54) is 37.3 Å². The number of carbonyl (C=O) groups excluding carboxylic acids is 1. The van der Waals surface area contributed by atoms with Crippen molar-refractivity contribution in [2.45, 2.75) is 46.9 Å². The van der Waals surface area contributed by atoms with E-state index in [0.717, 1.165) is 22.8 Å². The second-order valence-corrected chi connectivity index (χ2v) is 11.1. The Morgan fingerprint density at radius 1 is 0.812 bits per heavy atom. The zero-order valence-corrected chi connectivity index (χ0v) is 26.5. The molecule has 0 saturated heterocycles. The maximum atomic E-state index is 13.5. The van der Waals surface area contributed by atoms with E-state index in [1.807, 2.05) is 38.1 Å². The number of aliphatic hydroxyl groups excluding tert-OH is 1. The number of hydrogen-bond acceptors (Lipinski definition) is 8. The van der Waals surface area contributed by atoms with E-state index in [4.69, 9.17) is 10.5 Å². The quantitative estimate of drug-likeness (QED) is 0.223. The third kappa shape index (κ3) is 7.41. The number of aromatic nitrogens is 8. The molecular formula is C34H30F2N10O2. The molecule has 6 aromatic rings. The second kappa shape index (κ2) is 14.0. The van der Waals surface area contributed by atoms with Gasteiger partial charge in [0, 0.05) is 23.5 Å². The maximum Gasteiger partial charge on any atom is 0.162 e. The lowest BCUT2D eigenvalue weighted by molar-refractivity contribution is 0.101. The smallest absolute Gasteiger partial charge is 0.162 e. The third-order valence-electron chi connectivity index (χ3n) is 7.23. The molecule has 0 radical (unpaired) electrons. The summed E-state index contributed by atoms with van der Waals surface area (Å²) in [7, 11) is 0. The predicted octanol–water partition coefficient (Wildman–Crippen LogP) is 5.13. The lowest BCUT2D eigenvalue weighted by Gasteiger charge is -2.15. The molecule has 0 bridgehead atoms. The number of benzene rings is 2. The molecule has 0 saturated carbocycles. The summed E-state index contributed by atoms with van der Waals surface area (Å²) in [4.78, 5) is 19.8. The first-order valence-electron chi connectivity index (χ1n) is 14.7. The monoisotopic (exact) mass is 648 g/mol. The van der Waals surface area contributed by atoms with Gasteiger partial charge in [-0.05, 0) is 76.2 Å². The first-order valence-corrected chi connectivity index (χ1v) is 14.7. The zero-order valence-electron chi connectivity index (χ0n) is 26.5. The average molecular weight is 649 g/mol. The molecule has 1 unspecified atom stereocenters. The van der Waals surface area contributed by atoms with Crippen LogP contribution >= 0.6 is 0 Å². The molecule has 0 aliphatic heterocycles. The number of ketones is 1. The Morgan fingerprint density at radius 2 is 1.29 bits per heavy atom. The molecule has 12 nitrogen and oxygen atoms in total. The highest BCUT2D eigenvalue weighted by Gasteiger charge is 2.17. The highest BCUT2D eigenvalue weighted by molar-refractivity contribution is 5.97. The van der Waals surface area contributed by atoms with Crippen LogP contribution in [0.25, 0.3) is 11.4 Å². The summed E-state index contributed by atoms with van der Waals surface area (Å²) < 4.78 is 33.9. The molecule has 1 atom stereocenters. The summed E-state index contributed by atoms with van der Waals surface area (Å²) in [5, 5.41) is 36.6. The minimum absolute atomic E-state index is 0.238. The predicted molar refractivity (Wildman–Crippen MR) is 169 cm³/mol. The number of rotatable bonds is 8. The van der Waals surface area contributed by atoms with Crippen molar-refractivity contribution in [3.63, 3.8) is 0 Å². The van der Waals surface area contributed by atoms with E-state index < -0.39 is 17.7 Å². The topological polar surface area (TPSA) is 156 Å². The van der Waals surface area contributed by atoms with Gasteiger partial charge in [-0.3, -0.25) is 4.79 Å². The molecule has 0 aliphatic rings. The van der Waals surface area contributed by atoms with Crippen molar-refractivity contribution in [3.05, 3.63) is 131 Å². The average Bonchev–Trinajstić information content (AvgIpc) is 3.85. The number of Topliss-reactive ketones (excluding diaryl/α,β-unsaturated/α-hetero) is 1. The van der Waals surface area contributed by atoms with E-state index >= 15 is 0 Å². The van der Waals surface area contributed by atoms with Gasteiger partial charge < -0.3 is 14.2 Å². The minimum atomic E-state index is -0.827. The third-order valence-corrected chi connectivity index (χ3v) is 7.23. The SMILES string of the molecule is CC(=O)c1cc(F)ccc1-n1nc(C)cc1Cn1cnc(C#N)c1.Cc1cc(Cn2cnc(C#N)c2)n(-c2ccc(F)cc2C(C)O)n1. The van der Waals surface area contributed by atoms with Crippen LogP contribution in [0, 0.1) is 48.1 Å². The van der Waals surface area contributed by atoms with Crippen LogP contribution < -0.4 is 0 Å². The van der Waals surface area contributed by atoms with E-state index in [-0.39, 0.29) is 11.3 Å². The van der Waals surface area contributed by atoms with Crippen molar-refractivity contribution in [1.82, 2.24) is 38.7 Å². The first-order chi connectivity index (χ1) is 22.9. The normalized spacial score (nSPS) is 11.4. The molecule has 1 N–H and O–H groups in total. The Labute approximate surface area is 274 Å². The fraction of sp³-hybridized carbons (Fsp3) is 0.206. The number of carbonyl (C=O) groups is 1. The van der Waals surface area contributed by atoms with E-state index in [1.54, 1.807) is 56.5 Å². The van der Waals surface area contributed by atoms with Gasteiger partial charge in [0.1, 0.15) is 23.8 Å². The molecule has 4 aromatic heterocycles. The highest BCUT2D eigenvalue weighted by atomic mass is 19.1. The van der Waals surface area contributed by atoms with E-state index in [0.29, 0.717) is 41.4 Å². The van der Waals surface area contributed by atoms with Crippen LogP contribution in [-0.2, 0) is 13.1 Å². The van der Waals surface area contributed by atoms with Crippen LogP contribution in [0.5, 0.6) is 0 Å². The van der Waals surface area contributed by atoms with Gasteiger partial charge in [0.25, 0.3) is 0 Å². The minimum Gasteiger partial charge on any atom is -0.389 e. The molecular weight excluding hydrogens is 618 g/mol. The van der Waals surface area contributed by atoms with Crippen LogP contribution in [0.1, 0.15) is 70.0 Å². The van der Waals surface area contributed by atoms with Gasteiger partial charge in [-0.25, -0.2) is 28.1 Å². The van der Waals surface area contributed by atoms with Crippen molar-refractivity contribution in [3.8, 4) is 23.5 Å². The zero-order chi connectivity index (χ0) is 34.5. The van der Waals surface area contributed by atoms with Gasteiger partial charge in [-0.2, -0.15) is 20.7 Å². The highest BCUT2D eigenvalue weighted by Crippen LogP contribution is 2.25. The Hall–Kier alpha value is -6.25. The number of aliphatic hydroxyl groups is 1. The first kappa shape index (κ1) is 33.1. The fourth-order valence-electron chi connectivity index (χ4n) is 5.16. The van der Waals surface area contributed by atoms with Crippen LogP contribution in [-0.4, -0.2) is 49.6 Å². The number of hydrogen-bond donors (Lipinski definition) is 1. The Bertz CT molecular complexity index is 2190. The Kier molecular flexibility index (Phi) is 9.68. The van der Waals surface area contributed by atoms with Crippen molar-refractivity contribution >= 4 is 5.78 Å². The molecule has 2 aromatic carbocycles. The van der Waals surface area contributed by atoms with E-state index in [2.05, 4.69) is 20.2 Å². The lowest BCUT2D eigenvalue weighted by atomic mass is 10.1. The van der Waals surface area contributed by atoms with Crippen LogP contribution in [0.3, 0.4) is 0 Å². The summed E-state index contributed by atoms with van der Waals surface area (Å²) in [6.07, 6.45) is 5.58. The molecule has 0 aliphatic carbocycles. The summed E-state index contributed by atoms with van der Waals surface area (Å²) in [5.41, 5.74) is 5.73. The standard InChI is InChI=1S/C17H16FN5O.C17H14FN5O/c2*1-11-5-15(9-22-8-14(7-19)20-10-22)23(21-11)17-4-3-13(18)6-16(17)12(2)24/h3-6,8,10,12,24H,9H2,1-2H3;3-6,8,10H,9H2,1-2H3. The number of aryl methyl sites for hydroxylation is 2. The van der Waals surface area contributed by atoms with E-state index in [9.17, 15) is 18.7 Å². The second-order valence-electron chi connectivity index (χ2n) is 11.1.